The molecule has 1 atom stereocenters. The van der Waals surface area contributed by atoms with Crippen molar-refractivity contribution in [2.24, 2.45) is 0 Å². The van der Waals surface area contributed by atoms with E-state index in [1.165, 1.54) is 0 Å². The maximum atomic E-state index is 12.6. The Hall–Kier alpha value is -1.56. The number of benzene rings is 1. The largest absolute Gasteiger partial charge is 0.460 e. The molecule has 1 heterocycles. The van der Waals surface area contributed by atoms with Crippen molar-refractivity contribution in [1.29, 1.82) is 0 Å². The molecule has 0 aliphatic carbocycles. The van der Waals surface area contributed by atoms with Crippen molar-refractivity contribution in [3.8, 4) is 0 Å². The number of carbonyl (C=O) groups is 2. The fourth-order valence-electron chi connectivity index (χ4n) is 2.72. The van der Waals surface area contributed by atoms with Crippen LogP contribution in [0.1, 0.15) is 38.7 Å². The Morgan fingerprint density at radius 3 is 2.72 bits per heavy atom. The van der Waals surface area contributed by atoms with E-state index in [1.54, 1.807) is 25.1 Å². The summed E-state index contributed by atoms with van der Waals surface area (Å²) in [7, 11) is 0. The van der Waals surface area contributed by atoms with Gasteiger partial charge in [0, 0.05) is 18.0 Å². The van der Waals surface area contributed by atoms with E-state index in [0.717, 1.165) is 0 Å². The summed E-state index contributed by atoms with van der Waals surface area (Å²) in [5, 5.41) is 3.40. The lowest BCUT2D eigenvalue weighted by Crippen LogP contribution is -2.34. The summed E-state index contributed by atoms with van der Waals surface area (Å²) in [6.07, 6.45) is 0.163. The molecule has 0 spiro atoms. The first-order chi connectivity index (χ1) is 11.8. The molecule has 1 N–H and O–H groups in total. The molecule has 1 unspecified atom stereocenters. The summed E-state index contributed by atoms with van der Waals surface area (Å²) in [6, 6.07) is 5.17. The van der Waals surface area contributed by atoms with Gasteiger partial charge in [0.05, 0.1) is 28.3 Å². The molecule has 25 heavy (non-hydrogen) atoms. The number of rotatable bonds is 6. The summed E-state index contributed by atoms with van der Waals surface area (Å²) >= 11 is 12.4. The normalized spacial score (nSPS) is 17.7. The molecule has 136 valence electrons. The number of allylic oxidation sites excluding steroid dienone is 1. The molecule has 0 fully saturated rings. The molecule has 7 heteroatoms. The highest BCUT2D eigenvalue weighted by Gasteiger charge is 2.34. The minimum atomic E-state index is -0.501. The number of hydrogen-bond acceptors (Lipinski definition) is 4. The van der Waals surface area contributed by atoms with Crippen molar-refractivity contribution < 1.29 is 19.1 Å². The van der Waals surface area contributed by atoms with Crippen LogP contribution in [0.3, 0.4) is 0 Å². The standard InChI is InChI=1S/C18H21Cl2NO4/c1-10(2)24-7-8-25-18(23)16-11(3)21-15(22)9-13(16)12-5-4-6-14(19)17(12)20/h4-6,10,13H,7-9H2,1-3H3,(H,21,22). The third kappa shape index (κ3) is 4.97. The summed E-state index contributed by atoms with van der Waals surface area (Å²) in [4.78, 5) is 24.5. The highest BCUT2D eigenvalue weighted by molar-refractivity contribution is 6.42. The first kappa shape index (κ1) is 19.8. The van der Waals surface area contributed by atoms with Crippen molar-refractivity contribution in [2.75, 3.05) is 13.2 Å². The molecule has 1 aromatic rings. The van der Waals surface area contributed by atoms with Crippen LogP contribution in [0.25, 0.3) is 0 Å². The molecule has 1 aliphatic rings. The van der Waals surface area contributed by atoms with Crippen molar-refractivity contribution in [2.45, 2.75) is 39.2 Å². The Morgan fingerprint density at radius 2 is 2.04 bits per heavy atom. The predicted molar refractivity (Wildman–Crippen MR) is 96.7 cm³/mol. The number of hydrogen-bond donors (Lipinski definition) is 1. The highest BCUT2D eigenvalue weighted by atomic mass is 35.5. The van der Waals surface area contributed by atoms with E-state index in [4.69, 9.17) is 32.7 Å². The number of halogens is 2. The Kier molecular flexibility index (Phi) is 6.87. The minimum absolute atomic E-state index is 0.0617. The van der Waals surface area contributed by atoms with Gasteiger partial charge in [-0.1, -0.05) is 35.3 Å². The number of nitrogens with one attached hydrogen (secondary N) is 1. The molecular weight excluding hydrogens is 365 g/mol. The van der Waals surface area contributed by atoms with Crippen LogP contribution in [0.2, 0.25) is 10.0 Å². The van der Waals surface area contributed by atoms with Gasteiger partial charge >= 0.3 is 5.97 Å². The van der Waals surface area contributed by atoms with Crippen LogP contribution in [-0.2, 0) is 19.1 Å². The van der Waals surface area contributed by atoms with Crippen LogP contribution in [0, 0.1) is 0 Å². The molecular formula is C18H21Cl2NO4. The summed E-state index contributed by atoms with van der Waals surface area (Å²) in [5.41, 5.74) is 1.48. The van der Waals surface area contributed by atoms with Crippen LogP contribution in [0.4, 0.5) is 0 Å². The second kappa shape index (κ2) is 8.70. The number of esters is 1. The van der Waals surface area contributed by atoms with Gasteiger partial charge in [0.2, 0.25) is 5.91 Å². The van der Waals surface area contributed by atoms with E-state index in [9.17, 15) is 9.59 Å². The Bertz CT molecular complexity index is 700. The molecule has 0 aromatic heterocycles. The molecule has 5 nitrogen and oxygen atoms in total. The first-order valence-electron chi connectivity index (χ1n) is 8.04. The van der Waals surface area contributed by atoms with E-state index in [-0.39, 0.29) is 25.0 Å². The highest BCUT2D eigenvalue weighted by Crippen LogP contribution is 2.39. The van der Waals surface area contributed by atoms with Crippen molar-refractivity contribution in [3.05, 3.63) is 45.1 Å². The van der Waals surface area contributed by atoms with Gasteiger partial charge in [-0.25, -0.2) is 4.79 Å². The predicted octanol–water partition coefficient (Wildman–Crippen LogP) is 3.84. The monoisotopic (exact) mass is 385 g/mol. The van der Waals surface area contributed by atoms with Gasteiger partial charge in [-0.15, -0.1) is 0 Å². The minimum Gasteiger partial charge on any atom is -0.460 e. The zero-order valence-electron chi connectivity index (χ0n) is 14.4. The first-order valence-corrected chi connectivity index (χ1v) is 8.80. The van der Waals surface area contributed by atoms with Crippen LogP contribution < -0.4 is 5.32 Å². The fraction of sp³-hybridized carbons (Fsp3) is 0.444. The van der Waals surface area contributed by atoms with Gasteiger partial charge in [0.25, 0.3) is 0 Å². The molecule has 1 aromatic carbocycles. The van der Waals surface area contributed by atoms with Crippen LogP contribution in [0.5, 0.6) is 0 Å². The lowest BCUT2D eigenvalue weighted by atomic mass is 9.84. The van der Waals surface area contributed by atoms with Crippen molar-refractivity contribution in [3.63, 3.8) is 0 Å². The quantitative estimate of drug-likeness (QED) is 0.596. The second-order valence-corrected chi connectivity index (χ2v) is 6.83. The van der Waals surface area contributed by atoms with E-state index in [1.807, 2.05) is 13.8 Å². The molecule has 0 saturated heterocycles. The topological polar surface area (TPSA) is 64.6 Å². The number of amides is 1. The molecule has 0 bridgehead atoms. The van der Waals surface area contributed by atoms with Crippen molar-refractivity contribution >= 4 is 35.1 Å². The van der Waals surface area contributed by atoms with Crippen LogP contribution in [-0.4, -0.2) is 31.2 Å². The summed E-state index contributed by atoms with van der Waals surface area (Å²) in [5.74, 6) is -1.18. The van der Waals surface area contributed by atoms with E-state index >= 15 is 0 Å². The molecule has 0 radical (unpaired) electrons. The van der Waals surface area contributed by atoms with Gasteiger partial charge in [-0.3, -0.25) is 4.79 Å². The third-order valence-electron chi connectivity index (χ3n) is 3.81. The van der Waals surface area contributed by atoms with Crippen molar-refractivity contribution in [1.82, 2.24) is 5.32 Å². The Morgan fingerprint density at radius 1 is 1.32 bits per heavy atom. The van der Waals surface area contributed by atoms with E-state index in [0.29, 0.717) is 33.5 Å². The second-order valence-electron chi connectivity index (χ2n) is 6.04. The average Bonchev–Trinajstić information content (AvgIpc) is 2.53. The summed E-state index contributed by atoms with van der Waals surface area (Å²) in [6.45, 7) is 5.93. The lowest BCUT2D eigenvalue weighted by Gasteiger charge is -2.27. The molecule has 0 saturated carbocycles. The average molecular weight is 386 g/mol. The van der Waals surface area contributed by atoms with Gasteiger partial charge in [-0.2, -0.15) is 0 Å². The van der Waals surface area contributed by atoms with Crippen LogP contribution in [0.15, 0.2) is 29.5 Å². The third-order valence-corrected chi connectivity index (χ3v) is 4.65. The number of ether oxygens (including phenoxy) is 2. The zero-order valence-corrected chi connectivity index (χ0v) is 15.9. The van der Waals surface area contributed by atoms with Crippen LogP contribution >= 0.6 is 23.2 Å². The summed E-state index contributed by atoms with van der Waals surface area (Å²) < 4.78 is 10.7. The maximum absolute atomic E-state index is 12.6. The maximum Gasteiger partial charge on any atom is 0.336 e. The van der Waals surface area contributed by atoms with Gasteiger partial charge in [0.1, 0.15) is 6.61 Å². The molecule has 1 amide bonds. The fourth-order valence-corrected chi connectivity index (χ4v) is 3.16. The zero-order chi connectivity index (χ0) is 18.6. The van der Waals surface area contributed by atoms with E-state index < -0.39 is 11.9 Å². The Labute approximate surface area is 157 Å². The van der Waals surface area contributed by atoms with Gasteiger partial charge in [0.15, 0.2) is 0 Å². The Balaban J connectivity index is 2.25. The van der Waals surface area contributed by atoms with E-state index in [2.05, 4.69) is 5.32 Å². The van der Waals surface area contributed by atoms with Gasteiger partial charge in [-0.05, 0) is 32.4 Å². The molecule has 1 aliphatic heterocycles. The molecule has 2 rings (SSSR count). The number of carbonyl (C=O) groups excluding carboxylic acids is 2. The smallest absolute Gasteiger partial charge is 0.336 e. The van der Waals surface area contributed by atoms with Gasteiger partial charge < -0.3 is 14.8 Å². The lowest BCUT2D eigenvalue weighted by molar-refractivity contribution is -0.141. The SMILES string of the molecule is CC1=C(C(=O)OCCOC(C)C)C(c2cccc(Cl)c2Cl)CC(=O)N1.